The number of nitrogens with zero attached hydrogens (tertiary/aromatic N) is 1. The third kappa shape index (κ3) is 3.44. The number of rotatable bonds is 1. The monoisotopic (exact) mass is 294 g/mol. The number of carbonyl (C=O) groups is 1. The fraction of sp³-hybridized carbons (Fsp3) is 0.944. The smallest absolute Gasteiger partial charge is 0.226 e. The van der Waals surface area contributed by atoms with Gasteiger partial charge in [-0.15, -0.1) is 0 Å². The van der Waals surface area contributed by atoms with Gasteiger partial charge in [-0.05, 0) is 48.9 Å². The molecule has 2 N–H and O–H groups in total. The number of amides is 1. The van der Waals surface area contributed by atoms with E-state index in [0.29, 0.717) is 17.2 Å². The molecular weight excluding hydrogens is 260 g/mol. The number of likely N-dealkylation sites (tertiary alicyclic amines) is 1. The first kappa shape index (κ1) is 16.8. The summed E-state index contributed by atoms with van der Waals surface area (Å²) in [5.41, 5.74) is 6.62. The van der Waals surface area contributed by atoms with Crippen LogP contribution < -0.4 is 5.73 Å². The van der Waals surface area contributed by atoms with E-state index in [4.69, 9.17) is 5.73 Å². The van der Waals surface area contributed by atoms with Gasteiger partial charge in [-0.2, -0.15) is 0 Å². The van der Waals surface area contributed by atoms with Gasteiger partial charge in [-0.3, -0.25) is 4.79 Å². The lowest BCUT2D eigenvalue weighted by atomic mass is 9.60. The maximum atomic E-state index is 13.1. The summed E-state index contributed by atoms with van der Waals surface area (Å²) in [7, 11) is 0. The molecule has 21 heavy (non-hydrogen) atoms. The standard InChI is InChI=1S/C18H34N2O/c1-13-15(19)8-7-14(18(13,4)5)16(21)20-11-6-9-17(2,3)10-12-20/h13-15H,6-12,19H2,1-5H3. The number of carbonyl (C=O) groups excluding carboxylic acids is 1. The van der Waals surface area contributed by atoms with Gasteiger partial charge in [-0.25, -0.2) is 0 Å². The molecule has 3 heteroatoms. The van der Waals surface area contributed by atoms with Gasteiger partial charge in [0.1, 0.15) is 0 Å². The fourth-order valence-electron chi connectivity index (χ4n) is 4.16. The molecule has 1 aliphatic heterocycles. The lowest BCUT2D eigenvalue weighted by molar-refractivity contribution is -0.143. The van der Waals surface area contributed by atoms with Crippen LogP contribution in [0.25, 0.3) is 0 Å². The first-order valence-electron chi connectivity index (χ1n) is 8.69. The van der Waals surface area contributed by atoms with E-state index in [1.165, 1.54) is 6.42 Å². The van der Waals surface area contributed by atoms with Gasteiger partial charge in [0.15, 0.2) is 0 Å². The van der Waals surface area contributed by atoms with Crippen molar-refractivity contribution in [3.8, 4) is 0 Å². The van der Waals surface area contributed by atoms with Crippen LogP contribution in [0.1, 0.15) is 66.7 Å². The van der Waals surface area contributed by atoms with Gasteiger partial charge in [0, 0.05) is 25.0 Å². The molecule has 1 aliphatic carbocycles. The van der Waals surface area contributed by atoms with Gasteiger partial charge in [0.25, 0.3) is 0 Å². The quantitative estimate of drug-likeness (QED) is 0.805. The lowest BCUT2D eigenvalue weighted by Gasteiger charge is -2.47. The van der Waals surface area contributed by atoms with Crippen LogP contribution in [0.4, 0.5) is 0 Å². The molecule has 3 atom stereocenters. The van der Waals surface area contributed by atoms with E-state index in [1.807, 2.05) is 0 Å². The highest BCUT2D eigenvalue weighted by Crippen LogP contribution is 2.45. The minimum absolute atomic E-state index is 0.0105. The third-order valence-corrected chi connectivity index (χ3v) is 6.45. The summed E-state index contributed by atoms with van der Waals surface area (Å²) < 4.78 is 0. The van der Waals surface area contributed by atoms with E-state index in [1.54, 1.807) is 0 Å². The Kier molecular flexibility index (Phi) is 4.72. The molecule has 0 aromatic carbocycles. The molecule has 122 valence electrons. The minimum Gasteiger partial charge on any atom is -0.342 e. The Labute approximate surface area is 130 Å². The number of hydrogen-bond acceptors (Lipinski definition) is 2. The van der Waals surface area contributed by atoms with Crippen molar-refractivity contribution < 1.29 is 4.79 Å². The Balaban J connectivity index is 2.09. The van der Waals surface area contributed by atoms with E-state index >= 15 is 0 Å². The summed E-state index contributed by atoms with van der Waals surface area (Å²) in [4.78, 5) is 15.2. The average molecular weight is 294 g/mol. The minimum atomic E-state index is 0.0105. The molecule has 0 spiro atoms. The van der Waals surface area contributed by atoms with Crippen molar-refractivity contribution in [2.75, 3.05) is 13.1 Å². The summed E-state index contributed by atoms with van der Waals surface area (Å²) in [6.07, 6.45) is 5.44. The predicted molar refractivity (Wildman–Crippen MR) is 87.9 cm³/mol. The maximum Gasteiger partial charge on any atom is 0.226 e. The van der Waals surface area contributed by atoms with Gasteiger partial charge in [0.2, 0.25) is 5.91 Å². The second-order valence-electron chi connectivity index (χ2n) is 8.75. The first-order chi connectivity index (χ1) is 9.65. The molecular formula is C18H34N2O. The lowest BCUT2D eigenvalue weighted by Crippen LogP contribution is -2.52. The SMILES string of the molecule is CC1C(N)CCC(C(=O)N2CCCC(C)(C)CC2)C1(C)C. The zero-order valence-electron chi connectivity index (χ0n) is 14.6. The Morgan fingerprint density at radius 3 is 2.43 bits per heavy atom. The van der Waals surface area contributed by atoms with Crippen molar-refractivity contribution >= 4 is 5.91 Å². The summed E-state index contributed by atoms with van der Waals surface area (Å²) >= 11 is 0. The molecule has 0 bridgehead atoms. The molecule has 0 aromatic heterocycles. The summed E-state index contributed by atoms with van der Waals surface area (Å²) in [6.45, 7) is 13.2. The van der Waals surface area contributed by atoms with Gasteiger partial charge in [-0.1, -0.05) is 34.6 Å². The van der Waals surface area contributed by atoms with Crippen LogP contribution in [0.3, 0.4) is 0 Å². The van der Waals surface area contributed by atoms with Crippen molar-refractivity contribution in [3.63, 3.8) is 0 Å². The molecule has 2 aliphatic rings. The van der Waals surface area contributed by atoms with Crippen molar-refractivity contribution in [2.24, 2.45) is 28.4 Å². The van der Waals surface area contributed by atoms with Crippen molar-refractivity contribution in [3.05, 3.63) is 0 Å². The highest BCUT2D eigenvalue weighted by Gasteiger charge is 2.46. The predicted octanol–water partition coefficient (Wildman–Crippen LogP) is 3.42. The van der Waals surface area contributed by atoms with Gasteiger partial charge in [0.05, 0.1) is 0 Å². The Bertz CT molecular complexity index is 389. The van der Waals surface area contributed by atoms with Crippen LogP contribution in [-0.2, 0) is 4.79 Å². The average Bonchev–Trinajstić information content (AvgIpc) is 2.56. The topological polar surface area (TPSA) is 46.3 Å². The highest BCUT2D eigenvalue weighted by atomic mass is 16.2. The fourth-order valence-corrected chi connectivity index (χ4v) is 4.16. The van der Waals surface area contributed by atoms with Crippen LogP contribution in [0.15, 0.2) is 0 Å². The van der Waals surface area contributed by atoms with Gasteiger partial charge >= 0.3 is 0 Å². The summed E-state index contributed by atoms with van der Waals surface area (Å²) in [6, 6.07) is 0.243. The van der Waals surface area contributed by atoms with E-state index in [-0.39, 0.29) is 17.4 Å². The molecule has 3 unspecified atom stereocenters. The zero-order chi connectivity index (χ0) is 15.8. The molecule has 1 heterocycles. The van der Waals surface area contributed by atoms with Gasteiger partial charge < -0.3 is 10.6 Å². The number of hydrogen-bond donors (Lipinski definition) is 1. The van der Waals surface area contributed by atoms with Crippen LogP contribution in [-0.4, -0.2) is 29.9 Å². The second-order valence-corrected chi connectivity index (χ2v) is 8.75. The molecule has 0 radical (unpaired) electrons. The highest BCUT2D eigenvalue weighted by molar-refractivity contribution is 5.80. The Morgan fingerprint density at radius 1 is 1.10 bits per heavy atom. The second kappa shape index (κ2) is 5.91. The molecule has 1 saturated carbocycles. The van der Waals surface area contributed by atoms with Crippen molar-refractivity contribution in [2.45, 2.75) is 72.8 Å². The van der Waals surface area contributed by atoms with E-state index in [9.17, 15) is 4.79 Å². The van der Waals surface area contributed by atoms with Crippen LogP contribution in [0.5, 0.6) is 0 Å². The van der Waals surface area contributed by atoms with E-state index < -0.39 is 0 Å². The number of nitrogens with two attached hydrogens (primary N) is 1. The molecule has 0 aromatic rings. The molecule has 2 rings (SSSR count). The summed E-state index contributed by atoms with van der Waals surface area (Å²) in [5.74, 6) is 0.939. The van der Waals surface area contributed by atoms with Crippen molar-refractivity contribution in [1.82, 2.24) is 4.90 Å². The van der Waals surface area contributed by atoms with Crippen LogP contribution >= 0.6 is 0 Å². The zero-order valence-corrected chi connectivity index (χ0v) is 14.6. The molecule has 3 nitrogen and oxygen atoms in total. The Hall–Kier alpha value is -0.570. The van der Waals surface area contributed by atoms with Crippen molar-refractivity contribution in [1.29, 1.82) is 0 Å². The van der Waals surface area contributed by atoms with E-state index in [0.717, 1.165) is 38.8 Å². The molecule has 1 saturated heterocycles. The molecule has 1 amide bonds. The first-order valence-corrected chi connectivity index (χ1v) is 8.69. The van der Waals surface area contributed by atoms with E-state index in [2.05, 4.69) is 39.5 Å². The summed E-state index contributed by atoms with van der Waals surface area (Å²) in [5, 5.41) is 0. The Morgan fingerprint density at radius 2 is 1.76 bits per heavy atom. The molecule has 2 fully saturated rings. The maximum absolute atomic E-state index is 13.1. The normalized spacial score (nSPS) is 36.1. The largest absolute Gasteiger partial charge is 0.342 e. The van der Waals surface area contributed by atoms with Crippen LogP contribution in [0, 0.1) is 22.7 Å². The third-order valence-electron chi connectivity index (χ3n) is 6.45. The van der Waals surface area contributed by atoms with Crippen LogP contribution in [0.2, 0.25) is 0 Å².